The third-order valence-electron chi connectivity index (χ3n) is 12.2. The minimum absolute atomic E-state index is 0.166. The van der Waals surface area contributed by atoms with E-state index in [-0.39, 0.29) is 47.3 Å². The monoisotopic (exact) mass is 518 g/mol. The molecule has 7 unspecified atom stereocenters. The molecule has 2 aliphatic heterocycles. The lowest BCUT2D eigenvalue weighted by atomic mass is 9.43. The fraction of sp³-hybridized carbons (Fsp3) is 0.900. The molecule has 1 saturated heterocycles. The lowest BCUT2D eigenvalue weighted by molar-refractivity contribution is -0.273. The van der Waals surface area contributed by atoms with Crippen LogP contribution < -0.4 is 0 Å². The number of carbonyl (C=O) groups is 1. The van der Waals surface area contributed by atoms with E-state index in [0.29, 0.717) is 30.8 Å². The third kappa shape index (κ3) is 3.97. The van der Waals surface area contributed by atoms with Crippen molar-refractivity contribution >= 4 is 5.97 Å². The Hall–Kier alpha value is -0.990. The van der Waals surface area contributed by atoms with Crippen molar-refractivity contribution in [2.24, 2.45) is 34.5 Å². The summed E-state index contributed by atoms with van der Waals surface area (Å²) in [6, 6.07) is 0. The van der Waals surface area contributed by atoms with E-state index in [1.165, 1.54) is 0 Å². The minimum Gasteiger partial charge on any atom is -0.458 e. The molecule has 12 atom stereocenters. The fourth-order valence-corrected chi connectivity index (χ4v) is 10.0. The number of aliphatic hydroxyl groups is 2. The van der Waals surface area contributed by atoms with Gasteiger partial charge >= 0.3 is 5.97 Å². The first-order valence-electron chi connectivity index (χ1n) is 14.7. The summed E-state index contributed by atoms with van der Waals surface area (Å²) < 4.78 is 23.2. The van der Waals surface area contributed by atoms with Crippen LogP contribution in [0.3, 0.4) is 0 Å². The number of fused-ring (bicyclic) bond motifs is 5. The van der Waals surface area contributed by atoms with Crippen molar-refractivity contribution in [1.29, 1.82) is 0 Å². The van der Waals surface area contributed by atoms with Gasteiger partial charge in [0.15, 0.2) is 6.29 Å². The van der Waals surface area contributed by atoms with E-state index in [1.807, 2.05) is 6.92 Å². The third-order valence-corrected chi connectivity index (χ3v) is 12.2. The van der Waals surface area contributed by atoms with Crippen molar-refractivity contribution in [1.82, 2.24) is 0 Å². The second kappa shape index (κ2) is 9.29. The highest BCUT2D eigenvalue weighted by Gasteiger charge is 2.67. The summed E-state index contributed by atoms with van der Waals surface area (Å²) >= 11 is 0. The Morgan fingerprint density at radius 2 is 1.84 bits per heavy atom. The predicted molar refractivity (Wildman–Crippen MR) is 136 cm³/mol. The molecule has 37 heavy (non-hydrogen) atoms. The molecule has 0 amide bonds. The second-order valence-corrected chi connectivity index (χ2v) is 13.6. The van der Waals surface area contributed by atoms with Gasteiger partial charge in [-0.2, -0.15) is 0 Å². The van der Waals surface area contributed by atoms with Crippen LogP contribution in [-0.4, -0.2) is 66.2 Å². The van der Waals surface area contributed by atoms with Gasteiger partial charge in [0.1, 0.15) is 12.7 Å². The van der Waals surface area contributed by atoms with Crippen LogP contribution in [0.4, 0.5) is 0 Å². The molecule has 0 radical (unpaired) electrons. The molecule has 7 nitrogen and oxygen atoms in total. The zero-order chi connectivity index (χ0) is 26.2. The number of hydrogen-bond donors (Lipinski definition) is 2. The van der Waals surface area contributed by atoms with Crippen molar-refractivity contribution in [3.05, 3.63) is 11.6 Å². The quantitative estimate of drug-likeness (QED) is 0.427. The molecule has 2 heterocycles. The summed E-state index contributed by atoms with van der Waals surface area (Å²) in [4.78, 5) is 11.8. The van der Waals surface area contributed by atoms with E-state index in [4.69, 9.17) is 18.9 Å². The molecule has 0 aromatic rings. The molecule has 0 aromatic carbocycles. The molecular formula is C30H46O7. The molecule has 2 N–H and O–H groups in total. The van der Waals surface area contributed by atoms with Crippen LogP contribution in [0, 0.1) is 34.5 Å². The van der Waals surface area contributed by atoms with Crippen molar-refractivity contribution < 1.29 is 34.0 Å². The van der Waals surface area contributed by atoms with Crippen LogP contribution in [0.5, 0.6) is 0 Å². The molecule has 6 aliphatic rings. The maximum absolute atomic E-state index is 12.4. The smallest absolute Gasteiger partial charge is 0.331 e. The van der Waals surface area contributed by atoms with Gasteiger partial charge in [-0.05, 0) is 99.4 Å². The largest absolute Gasteiger partial charge is 0.458 e. The Kier molecular flexibility index (Phi) is 6.59. The topological polar surface area (TPSA) is 94.5 Å². The zero-order valence-electron chi connectivity index (χ0n) is 23.0. The highest BCUT2D eigenvalue weighted by atomic mass is 16.7. The zero-order valence-corrected chi connectivity index (χ0v) is 23.0. The van der Waals surface area contributed by atoms with Crippen LogP contribution in [0.2, 0.25) is 0 Å². The van der Waals surface area contributed by atoms with E-state index in [2.05, 4.69) is 13.8 Å². The Balaban J connectivity index is 1.15. The molecule has 0 aromatic heterocycles. The number of carbonyl (C=O) groups excluding carboxylic acids is 1. The van der Waals surface area contributed by atoms with Gasteiger partial charge in [0.05, 0.1) is 23.9 Å². The number of methoxy groups -OCH3 is 1. The Bertz CT molecular complexity index is 935. The van der Waals surface area contributed by atoms with Crippen molar-refractivity contribution in [2.45, 2.75) is 121 Å². The highest BCUT2D eigenvalue weighted by molar-refractivity contribution is 5.85. The summed E-state index contributed by atoms with van der Waals surface area (Å²) in [7, 11) is 1.64. The van der Waals surface area contributed by atoms with E-state index in [0.717, 1.165) is 63.4 Å². The predicted octanol–water partition coefficient (Wildman–Crippen LogP) is 4.14. The number of rotatable bonds is 4. The van der Waals surface area contributed by atoms with Gasteiger partial charge in [0.2, 0.25) is 0 Å². The van der Waals surface area contributed by atoms with Gasteiger partial charge in [0.25, 0.3) is 0 Å². The van der Waals surface area contributed by atoms with E-state index in [9.17, 15) is 15.0 Å². The van der Waals surface area contributed by atoms with Gasteiger partial charge in [-0.25, -0.2) is 4.79 Å². The maximum atomic E-state index is 12.4. The average Bonchev–Trinajstić information content (AvgIpc) is 3.41. The van der Waals surface area contributed by atoms with Crippen LogP contribution in [0.15, 0.2) is 11.6 Å². The van der Waals surface area contributed by atoms with Gasteiger partial charge < -0.3 is 29.2 Å². The van der Waals surface area contributed by atoms with Crippen LogP contribution in [0.1, 0.15) is 85.0 Å². The molecule has 4 aliphatic carbocycles. The van der Waals surface area contributed by atoms with E-state index in [1.54, 1.807) is 13.2 Å². The van der Waals surface area contributed by atoms with Crippen LogP contribution >= 0.6 is 0 Å². The standard InChI is InChI=1S/C30H46O7/c1-17-27(32)24(34-4)15-26(36-17)37-20-7-10-28(2)19(14-20)5-6-23-22(28)8-11-29(3)21(9-12-30(23,29)33)18-13-25(31)35-16-18/h13,17,19-24,26-27,32-33H,5-12,14-16H2,1-4H3/t17?,19?,20-,21+,22?,23?,24?,26?,27?,28-,29+,30-/m0/s1. The molecule has 0 spiro atoms. The average molecular weight is 519 g/mol. The van der Waals surface area contributed by atoms with Gasteiger partial charge in [-0.3, -0.25) is 0 Å². The van der Waals surface area contributed by atoms with E-state index < -0.39 is 11.7 Å². The summed E-state index contributed by atoms with van der Waals surface area (Å²) in [6.45, 7) is 7.07. The number of hydrogen-bond acceptors (Lipinski definition) is 7. The minimum atomic E-state index is -0.670. The Labute approximate surface area is 221 Å². The second-order valence-electron chi connectivity index (χ2n) is 13.6. The van der Waals surface area contributed by atoms with Crippen molar-refractivity contribution in [3.8, 4) is 0 Å². The van der Waals surface area contributed by atoms with Crippen molar-refractivity contribution in [3.63, 3.8) is 0 Å². The SMILES string of the molecule is COC1CC(O[C@H]2CC[C@@]3(C)C(CCC4C3CC[C@]3(C)[C@@H](C5=CC(=O)OC5)CC[C@]43O)C2)OC(C)C1O. The van der Waals surface area contributed by atoms with Gasteiger partial charge in [0, 0.05) is 25.0 Å². The first kappa shape index (κ1) is 26.2. The Morgan fingerprint density at radius 1 is 1.03 bits per heavy atom. The molecule has 4 saturated carbocycles. The molecule has 0 bridgehead atoms. The number of ether oxygens (including phenoxy) is 4. The summed E-state index contributed by atoms with van der Waals surface area (Å²) in [5, 5.41) is 22.7. The number of aliphatic hydroxyl groups excluding tert-OH is 1. The van der Waals surface area contributed by atoms with E-state index >= 15 is 0 Å². The van der Waals surface area contributed by atoms with Gasteiger partial charge in [-0.15, -0.1) is 0 Å². The summed E-state index contributed by atoms with van der Waals surface area (Å²) in [6.07, 6.45) is 10.2. The molecular weight excluding hydrogens is 472 g/mol. The van der Waals surface area contributed by atoms with Crippen LogP contribution in [-0.2, 0) is 23.7 Å². The first-order chi connectivity index (χ1) is 17.6. The fourth-order valence-electron chi connectivity index (χ4n) is 10.0. The number of esters is 1. The number of cyclic esters (lactones) is 1. The van der Waals surface area contributed by atoms with Crippen molar-refractivity contribution in [2.75, 3.05) is 13.7 Å². The Morgan fingerprint density at radius 3 is 2.57 bits per heavy atom. The summed E-state index contributed by atoms with van der Waals surface area (Å²) in [5.41, 5.74) is 0.461. The normalized spacial score (nSPS) is 53.6. The first-order valence-corrected chi connectivity index (χ1v) is 14.7. The lowest BCUT2D eigenvalue weighted by Gasteiger charge is -2.64. The molecule has 208 valence electrons. The summed E-state index contributed by atoms with van der Waals surface area (Å²) in [5.74, 6) is 1.45. The lowest BCUT2D eigenvalue weighted by Crippen LogP contribution is -2.62. The molecule has 7 heteroatoms. The van der Waals surface area contributed by atoms with Gasteiger partial charge in [-0.1, -0.05) is 13.8 Å². The molecule has 6 rings (SSSR count). The van der Waals surface area contributed by atoms with Crippen LogP contribution in [0.25, 0.3) is 0 Å². The highest BCUT2D eigenvalue weighted by Crippen LogP contribution is 2.70. The molecule has 5 fully saturated rings. The maximum Gasteiger partial charge on any atom is 0.331 e.